The Morgan fingerprint density at radius 2 is 1.12 bits per heavy atom. The van der Waals surface area contributed by atoms with E-state index in [1.54, 1.807) is 0 Å². The highest BCUT2D eigenvalue weighted by Crippen LogP contribution is 2.69. The minimum atomic E-state index is -3.14. The lowest BCUT2D eigenvalue weighted by Gasteiger charge is -2.48. The number of hydrogen-bond acceptors (Lipinski definition) is 1. The number of halogens is 2. The molecule has 0 spiro atoms. The summed E-state index contributed by atoms with van der Waals surface area (Å²) in [5.41, 5.74) is 12.3. The lowest BCUT2D eigenvalue weighted by atomic mass is 9.54. The molecule has 5 aromatic carbocycles. The van der Waals surface area contributed by atoms with Crippen LogP contribution in [0.5, 0.6) is 0 Å². The van der Waals surface area contributed by atoms with Crippen LogP contribution in [0, 0.1) is 0 Å². The van der Waals surface area contributed by atoms with E-state index < -0.39 is 16.9 Å². The third kappa shape index (κ3) is 2.78. The molecule has 0 fully saturated rings. The van der Waals surface area contributed by atoms with Gasteiger partial charge in [0.05, 0.1) is 12.0 Å². The zero-order valence-electron chi connectivity index (χ0n) is 22.3. The summed E-state index contributed by atoms with van der Waals surface area (Å²) in [5, 5.41) is 0. The molecular formula is C37H28F2O. The summed E-state index contributed by atoms with van der Waals surface area (Å²) >= 11 is 0. The zero-order valence-corrected chi connectivity index (χ0v) is 22.3. The van der Waals surface area contributed by atoms with E-state index in [1.165, 1.54) is 68.1 Å². The van der Waals surface area contributed by atoms with Crippen LogP contribution in [-0.4, -0.2) is 12.7 Å². The molecule has 3 aliphatic carbocycles. The minimum Gasteiger partial charge on any atom is -0.320 e. The molecule has 0 bridgehead atoms. The molecule has 5 aromatic rings. The smallest absolute Gasteiger partial charge is 0.320 e. The molecule has 3 heteroatoms. The highest BCUT2D eigenvalue weighted by atomic mass is 19.3. The SMILES string of the molecule is CCC(F)(F)OCCC12c3ccccc3-c3ccc4c(c31)C(c1ccccc1)(c1ccccc1-4)c1ccccc12. The molecular weight excluding hydrogens is 498 g/mol. The molecule has 40 heavy (non-hydrogen) atoms. The van der Waals surface area contributed by atoms with Crippen molar-refractivity contribution in [2.45, 2.75) is 36.7 Å². The van der Waals surface area contributed by atoms with Crippen LogP contribution in [0.2, 0.25) is 0 Å². The fourth-order valence-corrected chi connectivity index (χ4v) is 8.02. The fourth-order valence-electron chi connectivity index (χ4n) is 8.02. The molecule has 0 saturated carbocycles. The van der Waals surface area contributed by atoms with Gasteiger partial charge in [-0.25, -0.2) is 0 Å². The third-order valence-corrected chi connectivity index (χ3v) is 9.50. The van der Waals surface area contributed by atoms with E-state index in [0.29, 0.717) is 6.42 Å². The Hall–Kier alpha value is -4.08. The van der Waals surface area contributed by atoms with Crippen LogP contribution >= 0.6 is 0 Å². The molecule has 0 radical (unpaired) electrons. The normalized spacial score (nSPS) is 21.0. The molecule has 0 aliphatic heterocycles. The van der Waals surface area contributed by atoms with Gasteiger partial charge in [0.15, 0.2) is 0 Å². The fraction of sp³-hybridized carbons (Fsp3) is 0.189. The molecule has 0 saturated heterocycles. The van der Waals surface area contributed by atoms with E-state index in [9.17, 15) is 8.78 Å². The second-order valence-corrected chi connectivity index (χ2v) is 11.2. The Balaban J connectivity index is 1.53. The average Bonchev–Trinajstić information content (AvgIpc) is 3.47. The molecule has 2 unspecified atom stereocenters. The Morgan fingerprint density at radius 1 is 0.575 bits per heavy atom. The number of fused-ring (bicyclic) bond motifs is 9. The Bertz CT molecular complexity index is 1810. The van der Waals surface area contributed by atoms with Crippen molar-refractivity contribution in [3.05, 3.63) is 154 Å². The molecule has 3 aliphatic rings. The van der Waals surface area contributed by atoms with Crippen molar-refractivity contribution in [1.82, 2.24) is 0 Å². The van der Waals surface area contributed by atoms with Gasteiger partial charge in [-0.2, -0.15) is 8.78 Å². The predicted octanol–water partition coefficient (Wildman–Crippen LogP) is 9.09. The highest BCUT2D eigenvalue weighted by Gasteiger charge is 2.60. The largest absolute Gasteiger partial charge is 0.355 e. The third-order valence-electron chi connectivity index (χ3n) is 9.50. The van der Waals surface area contributed by atoms with Crippen molar-refractivity contribution < 1.29 is 13.5 Å². The van der Waals surface area contributed by atoms with Gasteiger partial charge in [-0.15, -0.1) is 0 Å². The van der Waals surface area contributed by atoms with Crippen LogP contribution in [0.4, 0.5) is 8.78 Å². The summed E-state index contributed by atoms with van der Waals surface area (Å²) in [6.45, 7) is 1.42. The first kappa shape index (κ1) is 23.8. The monoisotopic (exact) mass is 526 g/mol. The Kier molecular flexibility index (Phi) is 4.89. The summed E-state index contributed by atoms with van der Waals surface area (Å²) in [6.07, 6.45) is -3.05. The maximum atomic E-state index is 14.4. The number of alkyl halides is 2. The summed E-state index contributed by atoms with van der Waals surface area (Å²) in [5.74, 6) is 0. The van der Waals surface area contributed by atoms with Gasteiger partial charge in [0.2, 0.25) is 0 Å². The van der Waals surface area contributed by atoms with Crippen LogP contribution < -0.4 is 0 Å². The van der Waals surface area contributed by atoms with Crippen molar-refractivity contribution >= 4 is 0 Å². The first-order valence-electron chi connectivity index (χ1n) is 14.1. The van der Waals surface area contributed by atoms with E-state index in [4.69, 9.17) is 4.74 Å². The maximum Gasteiger partial charge on any atom is 0.355 e. The van der Waals surface area contributed by atoms with Gasteiger partial charge in [-0.1, -0.05) is 122 Å². The molecule has 196 valence electrons. The van der Waals surface area contributed by atoms with Crippen molar-refractivity contribution in [1.29, 1.82) is 0 Å². The minimum absolute atomic E-state index is 0.0437. The first-order valence-corrected chi connectivity index (χ1v) is 14.1. The van der Waals surface area contributed by atoms with Gasteiger partial charge in [0.1, 0.15) is 0 Å². The average molecular weight is 527 g/mol. The van der Waals surface area contributed by atoms with E-state index in [-0.39, 0.29) is 13.0 Å². The van der Waals surface area contributed by atoms with Crippen LogP contribution in [-0.2, 0) is 15.6 Å². The zero-order chi connectivity index (χ0) is 27.1. The second-order valence-electron chi connectivity index (χ2n) is 11.2. The van der Waals surface area contributed by atoms with Gasteiger partial charge in [-0.05, 0) is 67.6 Å². The van der Waals surface area contributed by atoms with Crippen LogP contribution in [0.25, 0.3) is 22.3 Å². The van der Waals surface area contributed by atoms with E-state index in [2.05, 4.69) is 115 Å². The molecule has 2 atom stereocenters. The maximum absolute atomic E-state index is 14.4. The van der Waals surface area contributed by atoms with Crippen molar-refractivity contribution in [3.8, 4) is 22.3 Å². The van der Waals surface area contributed by atoms with Crippen molar-refractivity contribution in [3.63, 3.8) is 0 Å². The van der Waals surface area contributed by atoms with Gasteiger partial charge < -0.3 is 4.74 Å². The molecule has 0 heterocycles. The Morgan fingerprint density at radius 3 is 1.82 bits per heavy atom. The van der Waals surface area contributed by atoms with Crippen LogP contribution in [0.3, 0.4) is 0 Å². The summed E-state index contributed by atoms with van der Waals surface area (Å²) < 4.78 is 34.1. The summed E-state index contributed by atoms with van der Waals surface area (Å²) in [4.78, 5) is 0. The number of ether oxygens (including phenoxy) is 1. The summed E-state index contributed by atoms with van der Waals surface area (Å²) in [6, 6.07) is 41.3. The highest BCUT2D eigenvalue weighted by molar-refractivity contribution is 5.97. The quantitative estimate of drug-likeness (QED) is 0.210. The van der Waals surface area contributed by atoms with Crippen LogP contribution in [0.1, 0.15) is 58.7 Å². The Labute approximate surface area is 233 Å². The van der Waals surface area contributed by atoms with Gasteiger partial charge in [0, 0.05) is 11.8 Å². The topological polar surface area (TPSA) is 9.23 Å². The molecule has 8 rings (SSSR count). The standard InChI is InChI=1S/C37H28F2O/c1-2-36(38,39)40-23-22-35-29-16-8-6-14-25(29)27-20-21-28-26-15-7-9-17-30(26)37(34(28)33(27)35,24-12-4-3-5-13-24)32-19-11-10-18-31(32)35/h3-21H,2,22-23H2,1H3. The predicted molar refractivity (Wildman–Crippen MR) is 155 cm³/mol. The second kappa shape index (κ2) is 8.22. The first-order chi connectivity index (χ1) is 19.5. The molecule has 1 nitrogen and oxygen atoms in total. The van der Waals surface area contributed by atoms with E-state index in [0.717, 1.165) is 0 Å². The molecule has 0 N–H and O–H groups in total. The summed E-state index contributed by atoms with van der Waals surface area (Å²) in [7, 11) is 0. The molecule has 0 aromatic heterocycles. The van der Waals surface area contributed by atoms with Crippen LogP contribution in [0.15, 0.2) is 115 Å². The van der Waals surface area contributed by atoms with E-state index in [1.807, 2.05) is 0 Å². The molecule has 0 amide bonds. The van der Waals surface area contributed by atoms with E-state index >= 15 is 0 Å². The van der Waals surface area contributed by atoms with Gasteiger partial charge in [0.25, 0.3) is 0 Å². The lowest BCUT2D eigenvalue weighted by Crippen LogP contribution is -2.43. The van der Waals surface area contributed by atoms with Crippen molar-refractivity contribution in [2.75, 3.05) is 6.61 Å². The number of benzene rings is 5. The number of rotatable bonds is 6. The van der Waals surface area contributed by atoms with Gasteiger partial charge >= 0.3 is 6.11 Å². The number of hydrogen-bond donors (Lipinski definition) is 0. The van der Waals surface area contributed by atoms with Crippen molar-refractivity contribution in [2.24, 2.45) is 0 Å². The van der Waals surface area contributed by atoms with Gasteiger partial charge in [-0.3, -0.25) is 0 Å². The lowest BCUT2D eigenvalue weighted by molar-refractivity contribution is -0.240.